The van der Waals surface area contributed by atoms with Gasteiger partial charge in [0.2, 0.25) is 5.91 Å². The summed E-state index contributed by atoms with van der Waals surface area (Å²) in [4.78, 5) is 19.2. The molecule has 3 N–H and O–H groups in total. The largest absolute Gasteiger partial charge is 0.396 e. The van der Waals surface area contributed by atoms with Crippen molar-refractivity contribution in [3.05, 3.63) is 35.6 Å². The summed E-state index contributed by atoms with van der Waals surface area (Å²) in [6.07, 6.45) is 6.77. The fourth-order valence-electron chi connectivity index (χ4n) is 5.86. The number of halogens is 2. The molecule has 4 aliphatic heterocycles. The Balaban J connectivity index is 1.29. The van der Waals surface area contributed by atoms with Gasteiger partial charge >= 0.3 is 0 Å². The molecule has 12 heteroatoms. The molecule has 1 aromatic rings. The highest BCUT2D eigenvalue weighted by Gasteiger charge is 2.43. The van der Waals surface area contributed by atoms with Crippen LogP contribution < -0.4 is 10.7 Å². The van der Waals surface area contributed by atoms with Crippen molar-refractivity contribution < 1.29 is 23.4 Å². The Morgan fingerprint density at radius 3 is 2.69 bits per heavy atom. The first-order valence-electron chi connectivity index (χ1n) is 12.2. The van der Waals surface area contributed by atoms with Gasteiger partial charge in [-0.2, -0.15) is 5.10 Å². The molecule has 188 valence electrons. The van der Waals surface area contributed by atoms with Crippen molar-refractivity contribution >= 4 is 17.4 Å². The van der Waals surface area contributed by atoms with Crippen molar-refractivity contribution in [1.82, 2.24) is 19.7 Å². The lowest BCUT2D eigenvalue weighted by Crippen LogP contribution is -2.43. The van der Waals surface area contributed by atoms with Crippen LogP contribution in [0.4, 0.5) is 14.5 Å². The maximum absolute atomic E-state index is 14.1. The molecule has 1 aliphatic carbocycles. The monoisotopic (exact) mass is 489 g/mol. The number of fused-ring (bicyclic) bond motifs is 3. The van der Waals surface area contributed by atoms with E-state index in [-0.39, 0.29) is 54.2 Å². The molecule has 6 rings (SSSR count). The van der Waals surface area contributed by atoms with E-state index in [2.05, 4.69) is 10.00 Å². The number of aromatic nitrogens is 2. The molecule has 5 heterocycles. The average molecular weight is 490 g/mol. The average Bonchev–Trinajstić information content (AvgIpc) is 3.65. The van der Waals surface area contributed by atoms with Crippen LogP contribution in [0.15, 0.2) is 34.9 Å². The summed E-state index contributed by atoms with van der Waals surface area (Å²) in [5.41, 5.74) is 5.85. The van der Waals surface area contributed by atoms with Gasteiger partial charge < -0.3 is 20.5 Å². The number of hydrogen-bond acceptors (Lipinski definition) is 8. The molecule has 0 unspecified atom stereocenters. The number of aliphatic hydroxyl groups excluding tert-OH is 1. The number of hydrogen-bond donors (Lipinski definition) is 2. The van der Waals surface area contributed by atoms with Crippen LogP contribution in [0.2, 0.25) is 0 Å². The number of primary amides is 1. The lowest BCUT2D eigenvalue weighted by molar-refractivity contribution is -0.114. The number of alkyl halides is 2. The van der Waals surface area contributed by atoms with E-state index in [1.54, 1.807) is 27.1 Å². The van der Waals surface area contributed by atoms with E-state index in [9.17, 15) is 18.7 Å². The number of ether oxygens (including phenoxy) is 1. The van der Waals surface area contributed by atoms with Gasteiger partial charge in [0.15, 0.2) is 11.5 Å². The van der Waals surface area contributed by atoms with E-state index < -0.39 is 12.3 Å². The number of hydrazine groups is 1. The molecule has 2 atom stereocenters. The predicted octanol–water partition coefficient (Wildman–Crippen LogP) is 1.68. The van der Waals surface area contributed by atoms with Gasteiger partial charge in [-0.1, -0.05) is 0 Å². The summed E-state index contributed by atoms with van der Waals surface area (Å²) in [7, 11) is 0. The minimum absolute atomic E-state index is 0.0102. The molecule has 35 heavy (non-hydrogen) atoms. The number of nitrogens with zero attached hydrogens (tertiary/aromatic N) is 6. The molecule has 0 aromatic carbocycles. The third-order valence-electron chi connectivity index (χ3n) is 7.81. The number of rotatable bonds is 5. The molecule has 1 amide bonds. The molecular formula is C23H29F2N7O3. The minimum atomic E-state index is -2.78. The van der Waals surface area contributed by atoms with E-state index in [4.69, 9.17) is 15.5 Å². The van der Waals surface area contributed by atoms with Crippen molar-refractivity contribution in [3.63, 3.8) is 0 Å². The number of morpholine rings is 1. The van der Waals surface area contributed by atoms with Crippen LogP contribution in [0.5, 0.6) is 0 Å². The maximum atomic E-state index is 14.1. The summed E-state index contributed by atoms with van der Waals surface area (Å²) < 4.78 is 35.5. The molecule has 0 spiro atoms. The zero-order valence-corrected chi connectivity index (χ0v) is 19.3. The standard InChI is InChI=1S/C23H29F2N7O3/c24-21(25)20-18(10-30(28-20)14-3-1-13(11-33)2-4-14)32-9-17(22(26)34)23-27-19(5-6-31(23)32)29-8-16-7-15(29)12-35-16/h5-6,10,13-16,21,33H,1-4,7-9,11-12H2,(H2,26,34)/t13?,14?,15-,16-/m1/s1. The second-order valence-electron chi connectivity index (χ2n) is 9.89. The summed E-state index contributed by atoms with van der Waals surface area (Å²) in [5, 5.41) is 16.9. The Bertz CT molecular complexity index is 1110. The first-order chi connectivity index (χ1) is 16.9. The van der Waals surface area contributed by atoms with Gasteiger partial charge in [0.05, 0.1) is 43.1 Å². The van der Waals surface area contributed by atoms with E-state index >= 15 is 0 Å². The topological polar surface area (TPSA) is 112 Å². The zero-order valence-electron chi connectivity index (χ0n) is 19.3. The first kappa shape index (κ1) is 22.5. The molecule has 2 saturated heterocycles. The molecule has 3 fully saturated rings. The SMILES string of the molecule is NC(=O)C1=C2N=C(N3C[C@H]4C[C@@H]3CO4)C=CN2N(c2cn(C3CCC(CO)CC3)nc2C(F)F)C1. The summed E-state index contributed by atoms with van der Waals surface area (Å²) in [6.45, 7) is 1.56. The van der Waals surface area contributed by atoms with Gasteiger partial charge in [0, 0.05) is 19.4 Å². The molecular weight excluding hydrogens is 460 g/mol. The van der Waals surface area contributed by atoms with Gasteiger partial charge in [-0.3, -0.25) is 14.5 Å². The quantitative estimate of drug-likeness (QED) is 0.647. The third-order valence-corrected chi connectivity index (χ3v) is 7.81. The van der Waals surface area contributed by atoms with Gasteiger partial charge in [0.1, 0.15) is 11.5 Å². The van der Waals surface area contributed by atoms with Crippen LogP contribution in [0.1, 0.15) is 50.3 Å². The van der Waals surface area contributed by atoms with E-state index in [0.29, 0.717) is 12.4 Å². The van der Waals surface area contributed by atoms with Crippen molar-refractivity contribution in [2.24, 2.45) is 16.6 Å². The third kappa shape index (κ3) is 3.79. The number of aliphatic hydroxyl groups is 1. The Labute approximate surface area is 201 Å². The highest BCUT2D eigenvalue weighted by Crippen LogP contribution is 2.40. The Morgan fingerprint density at radius 2 is 2.06 bits per heavy atom. The normalized spacial score (nSPS) is 30.1. The molecule has 2 bridgehead atoms. The van der Waals surface area contributed by atoms with Crippen molar-refractivity contribution in [2.75, 3.05) is 31.3 Å². The second-order valence-corrected chi connectivity index (χ2v) is 9.89. The fourth-order valence-corrected chi connectivity index (χ4v) is 5.86. The van der Waals surface area contributed by atoms with E-state index in [1.807, 2.05) is 6.08 Å². The molecule has 0 radical (unpaired) electrons. The zero-order chi connectivity index (χ0) is 24.3. The number of amides is 1. The van der Waals surface area contributed by atoms with Gasteiger partial charge in [-0.15, -0.1) is 0 Å². The van der Waals surface area contributed by atoms with Crippen LogP contribution in [0, 0.1) is 5.92 Å². The van der Waals surface area contributed by atoms with Gasteiger partial charge in [-0.05, 0) is 44.1 Å². The molecule has 1 aromatic heterocycles. The Morgan fingerprint density at radius 1 is 1.26 bits per heavy atom. The molecule has 5 aliphatic rings. The number of carbonyl (C=O) groups excluding carboxylic acids is 1. The lowest BCUT2D eigenvalue weighted by Gasteiger charge is -2.34. The Kier molecular flexibility index (Phi) is 5.52. The fraction of sp³-hybridized carbons (Fsp3) is 0.609. The number of aliphatic imine (C=N–C) groups is 1. The second kappa shape index (κ2) is 8.59. The van der Waals surface area contributed by atoms with Gasteiger partial charge in [0.25, 0.3) is 6.43 Å². The summed E-state index contributed by atoms with van der Waals surface area (Å²) in [5.74, 6) is 0.695. The van der Waals surface area contributed by atoms with Crippen molar-refractivity contribution in [2.45, 2.75) is 56.7 Å². The van der Waals surface area contributed by atoms with Gasteiger partial charge in [-0.25, -0.2) is 18.8 Å². The van der Waals surface area contributed by atoms with Crippen LogP contribution in [0.3, 0.4) is 0 Å². The lowest BCUT2D eigenvalue weighted by atomic mass is 9.87. The van der Waals surface area contributed by atoms with E-state index in [0.717, 1.165) is 44.5 Å². The number of likely N-dealkylation sites (tertiary alicyclic amines) is 1. The highest BCUT2D eigenvalue weighted by atomic mass is 19.3. The highest BCUT2D eigenvalue weighted by molar-refractivity contribution is 5.99. The summed E-state index contributed by atoms with van der Waals surface area (Å²) >= 11 is 0. The number of nitrogens with two attached hydrogens (primary N) is 1. The molecule has 10 nitrogen and oxygen atoms in total. The summed E-state index contributed by atoms with van der Waals surface area (Å²) in [6, 6.07) is 0.235. The van der Waals surface area contributed by atoms with Crippen LogP contribution in [-0.4, -0.2) is 75.0 Å². The first-order valence-corrected chi connectivity index (χ1v) is 12.2. The van der Waals surface area contributed by atoms with Crippen LogP contribution in [-0.2, 0) is 9.53 Å². The number of anilines is 1. The number of carbonyl (C=O) groups is 1. The minimum Gasteiger partial charge on any atom is -0.396 e. The van der Waals surface area contributed by atoms with Crippen LogP contribution >= 0.6 is 0 Å². The van der Waals surface area contributed by atoms with E-state index in [1.165, 1.54) is 0 Å². The van der Waals surface area contributed by atoms with Crippen molar-refractivity contribution in [1.29, 1.82) is 0 Å². The molecule has 1 saturated carbocycles. The predicted molar refractivity (Wildman–Crippen MR) is 122 cm³/mol. The smallest absolute Gasteiger partial charge is 0.284 e. The van der Waals surface area contributed by atoms with Crippen molar-refractivity contribution in [3.8, 4) is 0 Å². The maximum Gasteiger partial charge on any atom is 0.284 e. The van der Waals surface area contributed by atoms with Crippen LogP contribution in [0.25, 0.3) is 0 Å². The number of amidine groups is 1. The Hall–Kier alpha value is -2.99.